The number of fused-ring (bicyclic) bond motifs is 1. The molecule has 2 atom stereocenters. The van der Waals surface area contributed by atoms with E-state index in [1.807, 2.05) is 0 Å². The lowest BCUT2D eigenvalue weighted by molar-refractivity contribution is 0.204. The SMILES string of the molecule is C1=CCC2CCCC2=C1.CNC1CCCC(C)(C)C1. The molecule has 0 bridgehead atoms. The van der Waals surface area contributed by atoms with Crippen molar-refractivity contribution in [3.05, 3.63) is 23.8 Å². The molecule has 0 saturated heterocycles. The van der Waals surface area contributed by atoms with Crippen molar-refractivity contribution in [2.24, 2.45) is 11.3 Å². The van der Waals surface area contributed by atoms with Gasteiger partial charge in [0.05, 0.1) is 0 Å². The molecule has 3 aliphatic rings. The third-order valence-corrected chi connectivity index (χ3v) is 5.02. The van der Waals surface area contributed by atoms with Gasteiger partial charge in [-0.25, -0.2) is 0 Å². The highest BCUT2D eigenvalue weighted by Crippen LogP contribution is 2.35. The van der Waals surface area contributed by atoms with Crippen LogP contribution in [0.15, 0.2) is 23.8 Å². The zero-order valence-electron chi connectivity index (χ0n) is 13.0. The van der Waals surface area contributed by atoms with Gasteiger partial charge in [0.1, 0.15) is 0 Å². The second-order valence-electron chi connectivity index (χ2n) is 7.24. The van der Waals surface area contributed by atoms with Crippen LogP contribution in [0.5, 0.6) is 0 Å². The molecule has 3 rings (SSSR count). The van der Waals surface area contributed by atoms with Crippen molar-refractivity contribution < 1.29 is 0 Å². The fraction of sp³-hybridized carbons (Fsp3) is 0.778. The molecule has 2 fully saturated rings. The molecule has 2 saturated carbocycles. The van der Waals surface area contributed by atoms with Gasteiger partial charge in [0.15, 0.2) is 0 Å². The van der Waals surface area contributed by atoms with E-state index in [4.69, 9.17) is 0 Å². The third kappa shape index (κ3) is 4.49. The summed E-state index contributed by atoms with van der Waals surface area (Å²) >= 11 is 0. The maximum atomic E-state index is 3.36. The van der Waals surface area contributed by atoms with Crippen LogP contribution in [0, 0.1) is 11.3 Å². The van der Waals surface area contributed by atoms with Crippen LogP contribution >= 0.6 is 0 Å². The predicted molar refractivity (Wildman–Crippen MR) is 84.3 cm³/mol. The summed E-state index contributed by atoms with van der Waals surface area (Å²) in [6.45, 7) is 4.74. The van der Waals surface area contributed by atoms with Crippen LogP contribution in [-0.4, -0.2) is 13.1 Å². The van der Waals surface area contributed by atoms with E-state index in [1.54, 1.807) is 5.57 Å². The molecule has 0 radical (unpaired) electrons. The lowest BCUT2D eigenvalue weighted by Crippen LogP contribution is -2.34. The van der Waals surface area contributed by atoms with Gasteiger partial charge in [-0.05, 0) is 63.3 Å². The first kappa shape index (κ1) is 14.8. The second-order valence-corrected chi connectivity index (χ2v) is 7.24. The van der Waals surface area contributed by atoms with Crippen LogP contribution in [-0.2, 0) is 0 Å². The third-order valence-electron chi connectivity index (χ3n) is 5.02. The molecule has 108 valence electrons. The topological polar surface area (TPSA) is 12.0 Å². The minimum Gasteiger partial charge on any atom is -0.317 e. The maximum Gasteiger partial charge on any atom is 0.00691 e. The Bertz CT molecular complexity index is 338. The van der Waals surface area contributed by atoms with Gasteiger partial charge >= 0.3 is 0 Å². The Labute approximate surface area is 119 Å². The van der Waals surface area contributed by atoms with E-state index in [-0.39, 0.29) is 0 Å². The number of hydrogen-bond donors (Lipinski definition) is 1. The Morgan fingerprint density at radius 2 is 2.05 bits per heavy atom. The van der Waals surface area contributed by atoms with Gasteiger partial charge in [-0.1, -0.05) is 44.1 Å². The lowest BCUT2D eigenvalue weighted by atomic mass is 9.75. The monoisotopic (exact) mass is 261 g/mol. The first-order valence-electron chi connectivity index (χ1n) is 8.13. The molecule has 0 spiro atoms. The van der Waals surface area contributed by atoms with Crippen LogP contribution in [0.4, 0.5) is 0 Å². The minimum absolute atomic E-state index is 0.589. The smallest absolute Gasteiger partial charge is 0.00691 e. The average Bonchev–Trinajstić information content (AvgIpc) is 2.86. The van der Waals surface area contributed by atoms with Crippen molar-refractivity contribution in [2.75, 3.05) is 7.05 Å². The van der Waals surface area contributed by atoms with Gasteiger partial charge in [-0.3, -0.25) is 0 Å². The molecule has 0 aromatic heterocycles. The van der Waals surface area contributed by atoms with Crippen molar-refractivity contribution in [1.82, 2.24) is 5.32 Å². The summed E-state index contributed by atoms with van der Waals surface area (Å²) < 4.78 is 0. The van der Waals surface area contributed by atoms with E-state index in [0.717, 1.165) is 12.0 Å². The average molecular weight is 261 g/mol. The summed E-state index contributed by atoms with van der Waals surface area (Å²) in [4.78, 5) is 0. The molecule has 1 nitrogen and oxygen atoms in total. The lowest BCUT2D eigenvalue weighted by Gasteiger charge is -2.34. The summed E-state index contributed by atoms with van der Waals surface area (Å²) in [6.07, 6.45) is 17.9. The van der Waals surface area contributed by atoms with Crippen molar-refractivity contribution >= 4 is 0 Å². The van der Waals surface area contributed by atoms with E-state index in [2.05, 4.69) is 44.4 Å². The zero-order chi connectivity index (χ0) is 13.7. The highest BCUT2D eigenvalue weighted by Gasteiger charge is 2.26. The van der Waals surface area contributed by atoms with E-state index in [1.165, 1.54) is 51.4 Å². The van der Waals surface area contributed by atoms with Crippen LogP contribution < -0.4 is 5.32 Å². The molecule has 19 heavy (non-hydrogen) atoms. The van der Waals surface area contributed by atoms with Crippen LogP contribution in [0.25, 0.3) is 0 Å². The molecule has 3 aliphatic carbocycles. The van der Waals surface area contributed by atoms with Crippen molar-refractivity contribution in [1.29, 1.82) is 0 Å². The number of hydrogen-bond acceptors (Lipinski definition) is 1. The van der Waals surface area contributed by atoms with Crippen LogP contribution in [0.2, 0.25) is 0 Å². The quantitative estimate of drug-likeness (QED) is 0.711. The normalized spacial score (nSPS) is 32.1. The molecule has 0 aromatic carbocycles. The Kier molecular flexibility index (Phi) is 5.27. The Balaban J connectivity index is 0.000000141. The Morgan fingerprint density at radius 1 is 1.21 bits per heavy atom. The Hall–Kier alpha value is -0.560. The summed E-state index contributed by atoms with van der Waals surface area (Å²) in [5.74, 6) is 0.940. The highest BCUT2D eigenvalue weighted by molar-refractivity contribution is 5.23. The summed E-state index contributed by atoms with van der Waals surface area (Å²) in [7, 11) is 2.08. The zero-order valence-corrected chi connectivity index (χ0v) is 13.0. The molecule has 1 heteroatoms. The molecule has 0 amide bonds. The molecular weight excluding hydrogens is 230 g/mol. The standard InChI is InChI=1S/C9H19N.C9H12/c1-9(2)6-4-5-8(7-9)10-3;1-2-5-9-7-3-6-8(9)4-1/h8,10H,4-7H2,1-3H3;1-2,4,9H,3,5-7H2. The van der Waals surface area contributed by atoms with Crippen molar-refractivity contribution in [2.45, 2.75) is 71.3 Å². The van der Waals surface area contributed by atoms with Gasteiger partial charge < -0.3 is 5.32 Å². The van der Waals surface area contributed by atoms with E-state index in [0.29, 0.717) is 5.41 Å². The first-order valence-corrected chi connectivity index (χ1v) is 8.13. The predicted octanol–water partition coefficient (Wildman–Crippen LogP) is 4.85. The molecular formula is C18H31N. The van der Waals surface area contributed by atoms with Gasteiger partial charge in [-0.2, -0.15) is 0 Å². The molecule has 0 heterocycles. The van der Waals surface area contributed by atoms with E-state index in [9.17, 15) is 0 Å². The maximum absolute atomic E-state index is 3.36. The van der Waals surface area contributed by atoms with E-state index >= 15 is 0 Å². The van der Waals surface area contributed by atoms with Gasteiger partial charge in [0.25, 0.3) is 0 Å². The highest BCUT2D eigenvalue weighted by atomic mass is 14.9. The first-order chi connectivity index (χ1) is 9.11. The molecule has 2 unspecified atom stereocenters. The number of allylic oxidation sites excluding steroid dienone is 4. The molecule has 0 aliphatic heterocycles. The summed E-state index contributed by atoms with van der Waals surface area (Å²) in [5, 5.41) is 3.36. The van der Waals surface area contributed by atoms with Gasteiger partial charge in [0.2, 0.25) is 0 Å². The fourth-order valence-corrected chi connectivity index (χ4v) is 3.81. The molecule has 0 aromatic rings. The van der Waals surface area contributed by atoms with Gasteiger partial charge in [0, 0.05) is 6.04 Å². The Morgan fingerprint density at radius 3 is 2.68 bits per heavy atom. The van der Waals surface area contributed by atoms with Crippen LogP contribution in [0.1, 0.15) is 65.2 Å². The minimum atomic E-state index is 0.589. The van der Waals surface area contributed by atoms with Gasteiger partial charge in [-0.15, -0.1) is 0 Å². The number of rotatable bonds is 1. The largest absolute Gasteiger partial charge is 0.317 e. The summed E-state index contributed by atoms with van der Waals surface area (Å²) in [6, 6.07) is 0.781. The number of nitrogens with one attached hydrogen (secondary N) is 1. The van der Waals surface area contributed by atoms with Crippen molar-refractivity contribution in [3.8, 4) is 0 Å². The fourth-order valence-electron chi connectivity index (χ4n) is 3.81. The molecule has 1 N–H and O–H groups in total. The van der Waals surface area contributed by atoms with Crippen LogP contribution in [0.3, 0.4) is 0 Å². The summed E-state index contributed by atoms with van der Waals surface area (Å²) in [5.41, 5.74) is 2.30. The second kappa shape index (κ2) is 6.74. The van der Waals surface area contributed by atoms with Crippen molar-refractivity contribution in [3.63, 3.8) is 0 Å². The van der Waals surface area contributed by atoms with E-state index < -0.39 is 0 Å².